The summed E-state index contributed by atoms with van der Waals surface area (Å²) in [7, 11) is -0.923. The number of para-hydroxylation sites is 1. The minimum absolute atomic E-state index is 0.735. The highest BCUT2D eigenvalue weighted by molar-refractivity contribution is 6.79. The number of anilines is 1. The SMILES string of the molecule is CC1C[Si](C)(C)CN1c1ccccc1. The Balaban J connectivity index is 2.21. The molecule has 1 unspecified atom stereocenters. The van der Waals surface area contributed by atoms with Gasteiger partial charge in [0.25, 0.3) is 0 Å². The average molecular weight is 205 g/mol. The van der Waals surface area contributed by atoms with Gasteiger partial charge in [0, 0.05) is 17.9 Å². The lowest BCUT2D eigenvalue weighted by Crippen LogP contribution is -2.32. The molecule has 0 amide bonds. The maximum Gasteiger partial charge on any atom is 0.0716 e. The van der Waals surface area contributed by atoms with E-state index in [-0.39, 0.29) is 0 Å². The summed E-state index contributed by atoms with van der Waals surface area (Å²) in [6.45, 7) is 7.34. The minimum Gasteiger partial charge on any atom is -0.372 e. The summed E-state index contributed by atoms with van der Waals surface area (Å²) in [6.07, 6.45) is 1.32. The fraction of sp³-hybridized carbons (Fsp3) is 0.500. The normalized spacial score (nSPS) is 25.4. The van der Waals surface area contributed by atoms with Gasteiger partial charge in [0.15, 0.2) is 0 Å². The van der Waals surface area contributed by atoms with Crippen LogP contribution in [0.2, 0.25) is 19.1 Å². The molecule has 0 radical (unpaired) electrons. The molecule has 14 heavy (non-hydrogen) atoms. The molecule has 1 fully saturated rings. The van der Waals surface area contributed by atoms with Gasteiger partial charge in [-0.1, -0.05) is 31.3 Å². The first kappa shape index (κ1) is 9.78. The largest absolute Gasteiger partial charge is 0.372 e. The maximum atomic E-state index is 2.58. The molecule has 1 aromatic rings. The lowest BCUT2D eigenvalue weighted by Gasteiger charge is -2.24. The highest BCUT2D eigenvalue weighted by Gasteiger charge is 2.36. The zero-order valence-corrected chi connectivity index (χ0v) is 10.3. The third-order valence-electron chi connectivity index (χ3n) is 3.07. The van der Waals surface area contributed by atoms with Crippen LogP contribution in [0.5, 0.6) is 0 Å². The van der Waals surface area contributed by atoms with Gasteiger partial charge in [0.2, 0.25) is 0 Å². The van der Waals surface area contributed by atoms with Crippen LogP contribution >= 0.6 is 0 Å². The molecule has 0 spiro atoms. The Morgan fingerprint density at radius 2 is 1.86 bits per heavy atom. The molecule has 0 N–H and O–H groups in total. The molecule has 1 heterocycles. The van der Waals surface area contributed by atoms with Crippen LogP contribution in [-0.2, 0) is 0 Å². The first-order valence-corrected chi connectivity index (χ1v) is 8.82. The Morgan fingerprint density at radius 3 is 2.36 bits per heavy atom. The van der Waals surface area contributed by atoms with Crippen molar-refractivity contribution in [2.45, 2.75) is 32.1 Å². The van der Waals surface area contributed by atoms with Crippen molar-refractivity contribution in [3.8, 4) is 0 Å². The van der Waals surface area contributed by atoms with E-state index in [0.29, 0.717) is 0 Å². The van der Waals surface area contributed by atoms with Crippen LogP contribution in [0.1, 0.15) is 6.92 Å². The van der Waals surface area contributed by atoms with E-state index < -0.39 is 8.07 Å². The second-order valence-electron chi connectivity index (χ2n) is 5.18. The van der Waals surface area contributed by atoms with E-state index in [1.165, 1.54) is 17.9 Å². The third-order valence-corrected chi connectivity index (χ3v) is 5.96. The molecule has 1 nitrogen and oxygen atoms in total. The number of nitrogens with zero attached hydrogens (tertiary/aromatic N) is 1. The highest BCUT2D eigenvalue weighted by atomic mass is 28.3. The van der Waals surface area contributed by atoms with Crippen molar-refractivity contribution >= 4 is 13.8 Å². The lowest BCUT2D eigenvalue weighted by molar-refractivity contribution is 0.775. The monoisotopic (exact) mass is 205 g/mol. The molecule has 0 aliphatic carbocycles. The van der Waals surface area contributed by atoms with Crippen LogP contribution in [0.3, 0.4) is 0 Å². The van der Waals surface area contributed by atoms with E-state index in [1.54, 1.807) is 0 Å². The molecule has 76 valence electrons. The van der Waals surface area contributed by atoms with E-state index in [4.69, 9.17) is 0 Å². The molecular formula is C12H19NSi. The van der Waals surface area contributed by atoms with Gasteiger partial charge in [-0.15, -0.1) is 0 Å². The van der Waals surface area contributed by atoms with Crippen molar-refractivity contribution in [2.75, 3.05) is 11.1 Å². The molecule has 1 saturated heterocycles. The van der Waals surface area contributed by atoms with Gasteiger partial charge >= 0.3 is 0 Å². The van der Waals surface area contributed by atoms with E-state index in [2.05, 4.69) is 55.2 Å². The molecule has 0 bridgehead atoms. The van der Waals surface area contributed by atoms with Gasteiger partial charge in [-0.25, -0.2) is 0 Å². The van der Waals surface area contributed by atoms with Crippen molar-refractivity contribution in [2.24, 2.45) is 0 Å². The number of hydrogen-bond acceptors (Lipinski definition) is 1. The van der Waals surface area contributed by atoms with Crippen LogP contribution < -0.4 is 4.90 Å². The average Bonchev–Trinajstić information content (AvgIpc) is 2.41. The third kappa shape index (κ3) is 1.85. The summed E-state index contributed by atoms with van der Waals surface area (Å²) < 4.78 is 0. The van der Waals surface area contributed by atoms with Gasteiger partial charge < -0.3 is 4.90 Å². The fourth-order valence-electron chi connectivity index (χ4n) is 2.56. The van der Waals surface area contributed by atoms with E-state index in [0.717, 1.165) is 6.04 Å². The quantitative estimate of drug-likeness (QED) is 0.637. The molecule has 2 rings (SSSR count). The second-order valence-corrected chi connectivity index (χ2v) is 10.2. The summed E-state index contributed by atoms with van der Waals surface area (Å²) in [5.74, 6) is 0. The van der Waals surface area contributed by atoms with Gasteiger partial charge in [-0.05, 0) is 25.1 Å². The van der Waals surface area contributed by atoms with E-state index in [1.807, 2.05) is 0 Å². The van der Waals surface area contributed by atoms with Crippen molar-refractivity contribution in [1.82, 2.24) is 0 Å². The smallest absolute Gasteiger partial charge is 0.0716 e. The zero-order chi connectivity index (χ0) is 10.2. The first-order chi connectivity index (χ1) is 6.58. The van der Waals surface area contributed by atoms with Crippen molar-refractivity contribution in [1.29, 1.82) is 0 Å². The van der Waals surface area contributed by atoms with Gasteiger partial charge in [-0.2, -0.15) is 0 Å². The Morgan fingerprint density at radius 1 is 1.21 bits per heavy atom. The Bertz CT molecular complexity index is 307. The zero-order valence-electron chi connectivity index (χ0n) is 9.33. The molecule has 0 aromatic heterocycles. The van der Waals surface area contributed by atoms with Gasteiger partial charge in [0.1, 0.15) is 0 Å². The Labute approximate surface area is 87.8 Å². The number of rotatable bonds is 1. The first-order valence-electron chi connectivity index (χ1n) is 5.40. The summed E-state index contributed by atoms with van der Waals surface area (Å²) in [6, 6.07) is 13.0. The summed E-state index contributed by atoms with van der Waals surface area (Å²) >= 11 is 0. The number of benzene rings is 1. The topological polar surface area (TPSA) is 3.24 Å². The van der Waals surface area contributed by atoms with Crippen molar-refractivity contribution in [3.05, 3.63) is 30.3 Å². The van der Waals surface area contributed by atoms with Crippen LogP contribution in [0.4, 0.5) is 5.69 Å². The standard InChI is InChI=1S/C12H19NSi/c1-11-9-14(2,3)10-13(11)12-7-5-4-6-8-12/h4-8,11H,9-10H2,1-3H3. The van der Waals surface area contributed by atoms with E-state index >= 15 is 0 Å². The minimum atomic E-state index is -0.923. The summed E-state index contributed by atoms with van der Waals surface area (Å²) in [4.78, 5) is 2.58. The highest BCUT2D eigenvalue weighted by Crippen LogP contribution is 2.30. The van der Waals surface area contributed by atoms with E-state index in [9.17, 15) is 0 Å². The Kier molecular flexibility index (Phi) is 2.39. The summed E-state index contributed by atoms with van der Waals surface area (Å²) in [5.41, 5.74) is 1.40. The van der Waals surface area contributed by atoms with Crippen LogP contribution in [0, 0.1) is 0 Å². The predicted octanol–water partition coefficient (Wildman–Crippen LogP) is 3.14. The molecule has 0 saturated carbocycles. The van der Waals surface area contributed by atoms with Gasteiger partial charge in [-0.3, -0.25) is 0 Å². The summed E-state index contributed by atoms with van der Waals surface area (Å²) in [5, 5.41) is 0. The number of hydrogen-bond donors (Lipinski definition) is 0. The predicted molar refractivity (Wildman–Crippen MR) is 65.5 cm³/mol. The molecular weight excluding hydrogens is 186 g/mol. The molecule has 1 atom stereocenters. The van der Waals surface area contributed by atoms with Crippen LogP contribution in [0.15, 0.2) is 30.3 Å². The van der Waals surface area contributed by atoms with Crippen LogP contribution in [-0.4, -0.2) is 20.3 Å². The van der Waals surface area contributed by atoms with Crippen molar-refractivity contribution < 1.29 is 0 Å². The Hall–Kier alpha value is -0.763. The second kappa shape index (κ2) is 3.43. The lowest BCUT2D eigenvalue weighted by atomic mass is 10.2. The van der Waals surface area contributed by atoms with Gasteiger partial charge in [0.05, 0.1) is 8.07 Å². The van der Waals surface area contributed by atoms with Crippen LogP contribution in [0.25, 0.3) is 0 Å². The molecule has 1 aromatic carbocycles. The van der Waals surface area contributed by atoms with Crippen molar-refractivity contribution in [3.63, 3.8) is 0 Å². The maximum absolute atomic E-state index is 2.58. The molecule has 2 heteroatoms. The fourth-order valence-corrected chi connectivity index (χ4v) is 5.92. The molecule has 1 aliphatic rings. The molecule has 1 aliphatic heterocycles.